The molecule has 1 aromatic carbocycles. The second-order valence-corrected chi connectivity index (χ2v) is 4.08. The number of carbonyl (C=O) groups is 2. The number of benzene rings is 1. The van der Waals surface area contributed by atoms with E-state index in [2.05, 4.69) is 36.6 Å². The first-order chi connectivity index (χ1) is 6.61. The average molecular weight is 322 g/mol. The van der Waals surface area contributed by atoms with Gasteiger partial charge in [0.05, 0.1) is 12.7 Å². The van der Waals surface area contributed by atoms with Crippen LogP contribution in [0, 0.1) is 0 Å². The van der Waals surface area contributed by atoms with Gasteiger partial charge in [-0.3, -0.25) is 4.79 Å². The summed E-state index contributed by atoms with van der Waals surface area (Å²) in [4.78, 5) is 22.0. The highest BCUT2D eigenvalue weighted by atomic mass is 79.9. The van der Waals surface area contributed by atoms with Gasteiger partial charge in [0.15, 0.2) is 6.29 Å². The van der Waals surface area contributed by atoms with Crippen molar-refractivity contribution in [2.75, 3.05) is 7.11 Å². The molecule has 0 bridgehead atoms. The van der Waals surface area contributed by atoms with Crippen molar-refractivity contribution in [2.24, 2.45) is 0 Å². The van der Waals surface area contributed by atoms with Crippen molar-refractivity contribution < 1.29 is 14.3 Å². The van der Waals surface area contributed by atoms with E-state index in [1.807, 2.05) is 0 Å². The van der Waals surface area contributed by atoms with Gasteiger partial charge in [0.1, 0.15) is 0 Å². The largest absolute Gasteiger partial charge is 0.465 e. The number of esters is 1. The number of hydrogen-bond acceptors (Lipinski definition) is 3. The Bertz CT molecular complexity index is 388. The Morgan fingerprint density at radius 2 is 2.07 bits per heavy atom. The fourth-order valence-electron chi connectivity index (χ4n) is 0.973. The molecule has 0 spiro atoms. The summed E-state index contributed by atoms with van der Waals surface area (Å²) in [6.45, 7) is 0. The van der Waals surface area contributed by atoms with E-state index in [0.717, 1.165) is 0 Å². The molecule has 74 valence electrons. The molecule has 14 heavy (non-hydrogen) atoms. The van der Waals surface area contributed by atoms with Crippen LogP contribution in [0.4, 0.5) is 0 Å². The standard InChI is InChI=1S/C9H6Br2O3/c1-14-9(13)7-5(4-12)2-3-6(10)8(7)11/h2-4H,1H3. The Labute approximate surface area is 97.7 Å². The molecular weight excluding hydrogens is 316 g/mol. The molecule has 0 atom stereocenters. The van der Waals surface area contributed by atoms with Crippen molar-refractivity contribution in [3.8, 4) is 0 Å². The summed E-state index contributed by atoms with van der Waals surface area (Å²) in [5.74, 6) is -0.541. The number of rotatable bonds is 2. The molecule has 0 unspecified atom stereocenters. The second-order valence-electron chi connectivity index (χ2n) is 2.44. The van der Waals surface area contributed by atoms with Gasteiger partial charge in [-0.05, 0) is 44.0 Å². The Balaban J connectivity index is 3.42. The molecule has 1 aromatic rings. The van der Waals surface area contributed by atoms with Gasteiger partial charge in [-0.15, -0.1) is 0 Å². The topological polar surface area (TPSA) is 43.4 Å². The molecule has 0 saturated carbocycles. The molecule has 0 aliphatic carbocycles. The SMILES string of the molecule is COC(=O)c1c(C=O)ccc(Br)c1Br. The predicted octanol–water partition coefficient (Wildman–Crippen LogP) is 2.81. The molecule has 0 heterocycles. The van der Waals surface area contributed by atoms with Crippen molar-refractivity contribution in [1.29, 1.82) is 0 Å². The summed E-state index contributed by atoms with van der Waals surface area (Å²) >= 11 is 6.44. The van der Waals surface area contributed by atoms with Crippen LogP contribution < -0.4 is 0 Å². The van der Waals surface area contributed by atoms with Crippen LogP contribution >= 0.6 is 31.9 Å². The monoisotopic (exact) mass is 320 g/mol. The lowest BCUT2D eigenvalue weighted by Gasteiger charge is -2.06. The smallest absolute Gasteiger partial charge is 0.339 e. The van der Waals surface area contributed by atoms with Crippen molar-refractivity contribution in [1.82, 2.24) is 0 Å². The number of hydrogen-bond donors (Lipinski definition) is 0. The van der Waals surface area contributed by atoms with Gasteiger partial charge in [-0.1, -0.05) is 0 Å². The van der Waals surface area contributed by atoms with E-state index < -0.39 is 5.97 Å². The lowest BCUT2D eigenvalue weighted by molar-refractivity contribution is 0.0597. The highest BCUT2D eigenvalue weighted by Crippen LogP contribution is 2.29. The summed E-state index contributed by atoms with van der Waals surface area (Å²) in [6.07, 6.45) is 0.615. The second kappa shape index (κ2) is 4.70. The zero-order chi connectivity index (χ0) is 10.7. The zero-order valence-corrected chi connectivity index (χ0v) is 10.4. The molecule has 0 aromatic heterocycles. The quantitative estimate of drug-likeness (QED) is 0.621. The fraction of sp³-hybridized carbons (Fsp3) is 0.111. The Hall–Kier alpha value is -0.680. The van der Waals surface area contributed by atoms with E-state index in [9.17, 15) is 9.59 Å². The Morgan fingerprint density at radius 1 is 1.43 bits per heavy atom. The van der Waals surface area contributed by atoms with Gasteiger partial charge in [-0.2, -0.15) is 0 Å². The third-order valence-corrected chi connectivity index (χ3v) is 3.66. The molecular formula is C9H6Br2O3. The minimum atomic E-state index is -0.541. The summed E-state index contributed by atoms with van der Waals surface area (Å²) in [5, 5.41) is 0. The van der Waals surface area contributed by atoms with E-state index in [1.165, 1.54) is 7.11 Å². The van der Waals surface area contributed by atoms with Crippen LogP contribution in [0.2, 0.25) is 0 Å². The first-order valence-electron chi connectivity index (χ1n) is 3.63. The summed E-state index contributed by atoms with van der Waals surface area (Å²) in [6, 6.07) is 3.23. The molecule has 5 heteroatoms. The molecule has 0 radical (unpaired) electrons. The molecule has 1 rings (SSSR count). The molecule has 0 aliphatic rings. The zero-order valence-electron chi connectivity index (χ0n) is 7.21. The van der Waals surface area contributed by atoms with Gasteiger partial charge in [-0.25, -0.2) is 4.79 Å². The van der Waals surface area contributed by atoms with Crippen LogP contribution in [0.15, 0.2) is 21.1 Å². The van der Waals surface area contributed by atoms with E-state index in [1.54, 1.807) is 12.1 Å². The molecule has 0 aliphatic heterocycles. The van der Waals surface area contributed by atoms with Crippen molar-refractivity contribution in [3.63, 3.8) is 0 Å². The maximum Gasteiger partial charge on any atom is 0.339 e. The number of halogens is 2. The van der Waals surface area contributed by atoms with Gasteiger partial charge < -0.3 is 4.74 Å². The van der Waals surface area contributed by atoms with Gasteiger partial charge in [0.25, 0.3) is 0 Å². The summed E-state index contributed by atoms with van der Waals surface area (Å²) in [5.41, 5.74) is 0.531. The summed E-state index contributed by atoms with van der Waals surface area (Å²) < 4.78 is 5.79. The first-order valence-corrected chi connectivity index (χ1v) is 5.22. The van der Waals surface area contributed by atoms with E-state index in [4.69, 9.17) is 0 Å². The third kappa shape index (κ3) is 2.04. The highest BCUT2D eigenvalue weighted by Gasteiger charge is 2.17. The number of aldehydes is 1. The van der Waals surface area contributed by atoms with Crippen LogP contribution in [0.1, 0.15) is 20.7 Å². The minimum absolute atomic E-state index is 0.233. The molecule has 0 N–H and O–H groups in total. The highest BCUT2D eigenvalue weighted by molar-refractivity contribution is 9.13. The molecule has 0 amide bonds. The van der Waals surface area contributed by atoms with E-state index in [-0.39, 0.29) is 5.56 Å². The fourth-order valence-corrected chi connectivity index (χ4v) is 1.83. The minimum Gasteiger partial charge on any atom is -0.465 e. The normalized spacial score (nSPS) is 9.64. The van der Waals surface area contributed by atoms with Crippen LogP contribution in [0.3, 0.4) is 0 Å². The number of carbonyl (C=O) groups excluding carboxylic acids is 2. The first kappa shape index (κ1) is 11.4. The molecule has 3 nitrogen and oxygen atoms in total. The third-order valence-electron chi connectivity index (χ3n) is 1.64. The Morgan fingerprint density at radius 3 is 2.57 bits per heavy atom. The van der Waals surface area contributed by atoms with Crippen molar-refractivity contribution in [3.05, 3.63) is 32.2 Å². The van der Waals surface area contributed by atoms with Crippen LogP contribution in [-0.4, -0.2) is 19.4 Å². The van der Waals surface area contributed by atoms with E-state index in [0.29, 0.717) is 20.8 Å². The summed E-state index contributed by atoms with van der Waals surface area (Å²) in [7, 11) is 1.27. The molecule has 0 saturated heterocycles. The van der Waals surface area contributed by atoms with Crippen LogP contribution in [0.5, 0.6) is 0 Å². The van der Waals surface area contributed by atoms with Crippen LogP contribution in [-0.2, 0) is 4.74 Å². The van der Waals surface area contributed by atoms with Gasteiger partial charge in [0.2, 0.25) is 0 Å². The van der Waals surface area contributed by atoms with E-state index >= 15 is 0 Å². The van der Waals surface area contributed by atoms with Crippen LogP contribution in [0.25, 0.3) is 0 Å². The lowest BCUT2D eigenvalue weighted by Crippen LogP contribution is -2.06. The Kier molecular flexibility index (Phi) is 3.83. The number of methoxy groups -OCH3 is 1. The van der Waals surface area contributed by atoms with Crippen molar-refractivity contribution >= 4 is 44.1 Å². The lowest BCUT2D eigenvalue weighted by atomic mass is 10.1. The van der Waals surface area contributed by atoms with Gasteiger partial charge >= 0.3 is 5.97 Å². The van der Waals surface area contributed by atoms with Gasteiger partial charge in [0, 0.05) is 14.5 Å². The maximum absolute atomic E-state index is 11.3. The molecule has 0 fully saturated rings. The number of ether oxygens (including phenoxy) is 1. The average Bonchev–Trinajstić information content (AvgIpc) is 2.20. The maximum atomic E-state index is 11.3. The predicted molar refractivity (Wildman–Crippen MR) is 58.6 cm³/mol. The van der Waals surface area contributed by atoms with Crippen molar-refractivity contribution in [2.45, 2.75) is 0 Å².